The number of hydrogen-bond acceptors (Lipinski definition) is 6. The Bertz CT molecular complexity index is 1620. The molecule has 1 atom stereocenters. The fraction of sp³-hybridized carbons (Fsp3) is 0.543. The predicted octanol–water partition coefficient (Wildman–Crippen LogP) is 3.74. The fourth-order valence-electron chi connectivity index (χ4n) is 7.84. The monoisotopic (exact) mass is 719 g/mol. The number of hydrogen-bond donors (Lipinski definition) is 3. The van der Waals surface area contributed by atoms with Crippen molar-refractivity contribution in [3.05, 3.63) is 58.2 Å². The number of halogens is 1. The molecule has 0 bridgehead atoms. The van der Waals surface area contributed by atoms with E-state index in [2.05, 4.69) is 59.7 Å². The lowest BCUT2D eigenvalue weighted by atomic mass is 9.99. The minimum absolute atomic E-state index is 0.0284. The number of para-hydroxylation sites is 1. The van der Waals surface area contributed by atoms with Crippen LogP contribution in [0.4, 0.5) is 15.3 Å². The lowest BCUT2D eigenvalue weighted by Gasteiger charge is -2.42. The van der Waals surface area contributed by atoms with Gasteiger partial charge in [-0.05, 0) is 84.4 Å². The van der Waals surface area contributed by atoms with Gasteiger partial charge in [-0.15, -0.1) is 0 Å². The van der Waals surface area contributed by atoms with Crippen molar-refractivity contribution in [2.45, 2.75) is 56.7 Å². The number of likely N-dealkylation sites (tertiary alicyclic amines) is 2. The van der Waals surface area contributed by atoms with E-state index >= 15 is 0 Å². The van der Waals surface area contributed by atoms with E-state index in [9.17, 15) is 14.4 Å². The van der Waals surface area contributed by atoms with E-state index in [0.717, 1.165) is 77.6 Å². The van der Waals surface area contributed by atoms with Crippen LogP contribution in [0.25, 0.3) is 10.9 Å². The summed E-state index contributed by atoms with van der Waals surface area (Å²) in [6, 6.07) is 11.5. The summed E-state index contributed by atoms with van der Waals surface area (Å²) in [4.78, 5) is 51.7. The highest BCUT2D eigenvalue weighted by molar-refractivity contribution is 9.10. The van der Waals surface area contributed by atoms with Gasteiger partial charge in [-0.1, -0.05) is 18.2 Å². The molecule has 0 spiro atoms. The zero-order chi connectivity index (χ0) is 33.2. The number of likely N-dealkylation sites (N-methyl/N-ethyl adjacent to an activating group) is 1. The first-order valence-corrected chi connectivity index (χ1v) is 18.2. The number of nitrogens with one attached hydrogen (secondary N) is 3. The molecule has 1 unspecified atom stereocenters. The number of H-pyrrole nitrogens is 1. The topological polar surface area (TPSA) is 120 Å². The number of nitrogens with zero attached hydrogens (tertiary/aromatic N) is 6. The first-order valence-electron chi connectivity index (χ1n) is 17.4. The number of fused-ring (bicyclic) bond motifs is 2. The van der Waals surface area contributed by atoms with Crippen LogP contribution in [0, 0.1) is 0 Å². The summed E-state index contributed by atoms with van der Waals surface area (Å²) in [5.41, 5.74) is 3.87. The minimum atomic E-state index is -0.693. The molecule has 48 heavy (non-hydrogen) atoms. The molecule has 3 aromatic rings. The van der Waals surface area contributed by atoms with Gasteiger partial charge in [-0.25, -0.2) is 9.59 Å². The number of urea groups is 2. The summed E-state index contributed by atoms with van der Waals surface area (Å²) in [5.74, 6) is -0.0284. The molecule has 2 aromatic carbocycles. The molecule has 3 saturated heterocycles. The van der Waals surface area contributed by atoms with Gasteiger partial charge in [0.1, 0.15) is 6.04 Å². The zero-order valence-electron chi connectivity index (χ0n) is 27.7. The van der Waals surface area contributed by atoms with E-state index in [4.69, 9.17) is 0 Å². The maximum atomic E-state index is 14.2. The van der Waals surface area contributed by atoms with Crippen LogP contribution in [0.15, 0.2) is 47.1 Å². The first-order chi connectivity index (χ1) is 23.3. The van der Waals surface area contributed by atoms with Crippen molar-refractivity contribution < 1.29 is 14.4 Å². The Hall–Kier alpha value is -3.68. The number of anilines is 1. The Kier molecular flexibility index (Phi) is 9.88. The molecule has 12 nitrogen and oxygen atoms in total. The lowest BCUT2D eigenvalue weighted by Crippen LogP contribution is -2.58. The summed E-state index contributed by atoms with van der Waals surface area (Å²) in [6.07, 6.45) is 6.24. The number of rotatable bonds is 6. The van der Waals surface area contributed by atoms with Crippen LogP contribution in [0.1, 0.15) is 36.8 Å². The molecule has 0 radical (unpaired) electrons. The van der Waals surface area contributed by atoms with Gasteiger partial charge in [0.15, 0.2) is 0 Å². The Labute approximate surface area is 290 Å². The number of aromatic nitrogens is 2. The normalized spacial score (nSPS) is 21.1. The van der Waals surface area contributed by atoms with Gasteiger partial charge in [0.05, 0.1) is 11.7 Å². The second-order valence-electron chi connectivity index (χ2n) is 13.8. The van der Waals surface area contributed by atoms with E-state index < -0.39 is 6.04 Å². The summed E-state index contributed by atoms with van der Waals surface area (Å²) >= 11 is 3.65. The summed E-state index contributed by atoms with van der Waals surface area (Å²) in [7, 11) is 2.17. The molecular weight excluding hydrogens is 674 g/mol. The molecule has 3 fully saturated rings. The number of benzene rings is 2. The van der Waals surface area contributed by atoms with E-state index in [-0.39, 0.29) is 24.0 Å². The maximum Gasteiger partial charge on any atom is 0.322 e. The van der Waals surface area contributed by atoms with Gasteiger partial charge in [0.25, 0.3) is 0 Å². The number of amides is 5. The third-order valence-electron chi connectivity index (χ3n) is 10.8. The second kappa shape index (κ2) is 14.4. The quantitative estimate of drug-likeness (QED) is 0.357. The van der Waals surface area contributed by atoms with E-state index in [0.29, 0.717) is 58.0 Å². The average molecular weight is 721 g/mol. The molecule has 256 valence electrons. The largest absolute Gasteiger partial charge is 0.341 e. The van der Waals surface area contributed by atoms with Gasteiger partial charge < -0.3 is 30.2 Å². The van der Waals surface area contributed by atoms with Gasteiger partial charge in [-0.3, -0.25) is 14.8 Å². The van der Waals surface area contributed by atoms with Gasteiger partial charge in [-0.2, -0.15) is 5.10 Å². The average Bonchev–Trinajstić information content (AvgIpc) is 3.52. The van der Waals surface area contributed by atoms with Crippen molar-refractivity contribution in [3.8, 4) is 0 Å². The number of aromatic amines is 1. The molecule has 5 heterocycles. The third-order valence-corrected chi connectivity index (χ3v) is 11.4. The molecule has 4 aliphatic rings. The van der Waals surface area contributed by atoms with Crippen molar-refractivity contribution in [2.75, 3.05) is 71.3 Å². The van der Waals surface area contributed by atoms with Crippen LogP contribution in [0.2, 0.25) is 0 Å². The molecule has 4 aliphatic heterocycles. The number of carbonyl (C=O) groups excluding carboxylic acids is 3. The molecule has 0 aliphatic carbocycles. The SMILES string of the molecule is CN1CCN(C2CCN(C(=O)C(Cc3cc(Br)c4[nH]ncc4c3)NC(=O)N3CCC(N4CCc5ccccc5NC4=O)CC3)CC2)CC1. The molecule has 1 aromatic heterocycles. The highest BCUT2D eigenvalue weighted by atomic mass is 79.9. The van der Waals surface area contributed by atoms with E-state index in [1.807, 2.05) is 40.1 Å². The molecule has 0 saturated carbocycles. The van der Waals surface area contributed by atoms with Crippen LogP contribution in [0.5, 0.6) is 0 Å². The van der Waals surface area contributed by atoms with Crippen LogP contribution in [0.3, 0.4) is 0 Å². The Morgan fingerprint density at radius 1 is 0.938 bits per heavy atom. The molecular formula is C35H46BrN9O3. The summed E-state index contributed by atoms with van der Waals surface area (Å²) in [6.45, 7) is 7.41. The summed E-state index contributed by atoms with van der Waals surface area (Å²) < 4.78 is 0.876. The van der Waals surface area contributed by atoms with Crippen molar-refractivity contribution in [2.24, 2.45) is 0 Å². The van der Waals surface area contributed by atoms with E-state index in [1.54, 1.807) is 11.1 Å². The van der Waals surface area contributed by atoms with Crippen LogP contribution >= 0.6 is 15.9 Å². The molecule has 3 N–H and O–H groups in total. The molecule has 13 heteroatoms. The number of piperazine rings is 1. The van der Waals surface area contributed by atoms with Crippen molar-refractivity contribution >= 4 is 50.5 Å². The Morgan fingerprint density at radius 2 is 1.65 bits per heavy atom. The maximum absolute atomic E-state index is 14.2. The standard InChI is InChI=1S/C35H46BrN9O3/c1-41-16-18-42(19-17-41)27-7-11-43(12-8-27)33(46)31(22-24-20-26-23-37-40-32(26)29(36)21-24)39-34(47)44-13-9-28(10-14-44)45-15-6-25-4-2-3-5-30(25)38-35(45)48/h2-5,20-21,23,27-28,31H,6-19,22H2,1H3,(H,37,40)(H,38,48)(H,39,47). The summed E-state index contributed by atoms with van der Waals surface area (Å²) in [5, 5.41) is 14.3. The molecule has 5 amide bonds. The third kappa shape index (κ3) is 7.18. The predicted molar refractivity (Wildman–Crippen MR) is 189 cm³/mol. The highest BCUT2D eigenvalue weighted by Gasteiger charge is 2.35. The van der Waals surface area contributed by atoms with Crippen LogP contribution in [-0.4, -0.2) is 137 Å². The Balaban J connectivity index is 0.996. The lowest BCUT2D eigenvalue weighted by molar-refractivity contribution is -0.135. The van der Waals surface area contributed by atoms with Crippen molar-refractivity contribution in [1.29, 1.82) is 0 Å². The first kappa shape index (κ1) is 32.8. The van der Waals surface area contributed by atoms with Crippen molar-refractivity contribution in [1.82, 2.24) is 40.0 Å². The fourth-order valence-corrected chi connectivity index (χ4v) is 8.46. The molecule has 7 rings (SSSR count). The minimum Gasteiger partial charge on any atom is -0.341 e. The smallest absolute Gasteiger partial charge is 0.322 e. The second-order valence-corrected chi connectivity index (χ2v) is 14.6. The number of carbonyl (C=O) groups is 3. The highest BCUT2D eigenvalue weighted by Crippen LogP contribution is 2.27. The Morgan fingerprint density at radius 3 is 2.42 bits per heavy atom. The van der Waals surface area contributed by atoms with Gasteiger partial charge in [0, 0.05) is 93.0 Å². The zero-order valence-corrected chi connectivity index (χ0v) is 29.3. The number of piperidine rings is 2. The van der Waals surface area contributed by atoms with Crippen molar-refractivity contribution in [3.63, 3.8) is 0 Å². The van der Waals surface area contributed by atoms with Gasteiger partial charge >= 0.3 is 12.1 Å². The van der Waals surface area contributed by atoms with Gasteiger partial charge in [0.2, 0.25) is 5.91 Å². The van der Waals surface area contributed by atoms with Crippen LogP contribution in [-0.2, 0) is 17.6 Å². The van der Waals surface area contributed by atoms with E-state index in [1.165, 1.54) is 0 Å². The van der Waals surface area contributed by atoms with Crippen LogP contribution < -0.4 is 10.6 Å².